The summed E-state index contributed by atoms with van der Waals surface area (Å²) in [6.07, 6.45) is 0.805. The molecule has 0 saturated heterocycles. The van der Waals surface area contributed by atoms with Crippen LogP contribution in [0, 0.1) is 12.3 Å². The van der Waals surface area contributed by atoms with Gasteiger partial charge in [-0.05, 0) is 18.8 Å². The molecule has 0 fully saturated rings. The fourth-order valence-electron chi connectivity index (χ4n) is 1.46. The zero-order valence-corrected chi connectivity index (χ0v) is 13.0. The molecule has 19 heavy (non-hydrogen) atoms. The highest BCUT2D eigenvalue weighted by atomic mass is 35.7. The highest BCUT2D eigenvalue weighted by Gasteiger charge is 2.22. The van der Waals surface area contributed by atoms with Gasteiger partial charge in [0, 0.05) is 23.3 Å². The minimum absolute atomic E-state index is 0.0503. The highest BCUT2D eigenvalue weighted by molar-refractivity contribution is 8.13. The van der Waals surface area contributed by atoms with Crippen LogP contribution in [0.15, 0.2) is 15.4 Å². The monoisotopic (exact) mass is 307 g/mol. The Morgan fingerprint density at radius 3 is 2.42 bits per heavy atom. The van der Waals surface area contributed by atoms with Crippen molar-refractivity contribution in [3.05, 3.63) is 17.6 Å². The fraction of sp³-hybridized carbons (Fsp3) is 0.583. The van der Waals surface area contributed by atoms with Gasteiger partial charge < -0.3 is 9.73 Å². The highest BCUT2D eigenvalue weighted by Crippen LogP contribution is 2.23. The second-order valence-corrected chi connectivity index (χ2v) is 8.07. The zero-order valence-electron chi connectivity index (χ0n) is 11.4. The molecule has 108 valence electrons. The van der Waals surface area contributed by atoms with E-state index in [0.29, 0.717) is 6.54 Å². The number of nitrogens with one attached hydrogen (secondary N) is 1. The summed E-state index contributed by atoms with van der Waals surface area (Å²) in [5.74, 6) is -0.388. The number of rotatable bonds is 4. The summed E-state index contributed by atoms with van der Waals surface area (Å²) in [6, 6.07) is 1.14. The first-order valence-corrected chi connectivity index (χ1v) is 8.15. The molecule has 0 atom stereocenters. The topological polar surface area (TPSA) is 76.4 Å². The lowest BCUT2D eigenvalue weighted by Crippen LogP contribution is -2.26. The van der Waals surface area contributed by atoms with Crippen molar-refractivity contribution in [2.45, 2.75) is 39.0 Å². The van der Waals surface area contributed by atoms with Crippen molar-refractivity contribution in [3.8, 4) is 0 Å². The molecule has 1 rings (SSSR count). The van der Waals surface area contributed by atoms with Crippen molar-refractivity contribution in [2.24, 2.45) is 5.41 Å². The standard InChI is InChI=1S/C12H18ClNO4S/c1-8-10(19(13,16)17)7-9(18-8)11(15)14-6-5-12(2,3)4/h7H,5-6H2,1-4H3,(H,14,15). The van der Waals surface area contributed by atoms with Crippen LogP contribution in [-0.4, -0.2) is 20.9 Å². The summed E-state index contributed by atoms with van der Waals surface area (Å²) in [4.78, 5) is 11.6. The number of halogens is 1. The van der Waals surface area contributed by atoms with E-state index in [4.69, 9.17) is 15.1 Å². The molecule has 1 N–H and O–H groups in total. The van der Waals surface area contributed by atoms with Gasteiger partial charge in [0.25, 0.3) is 15.0 Å². The molecule has 0 aliphatic rings. The first-order chi connectivity index (χ1) is 8.50. The van der Waals surface area contributed by atoms with Crippen LogP contribution in [0.5, 0.6) is 0 Å². The van der Waals surface area contributed by atoms with Crippen LogP contribution in [0.1, 0.15) is 43.5 Å². The number of carbonyl (C=O) groups excluding carboxylic acids is 1. The quantitative estimate of drug-likeness (QED) is 0.868. The van der Waals surface area contributed by atoms with Crippen molar-refractivity contribution in [1.29, 1.82) is 0 Å². The van der Waals surface area contributed by atoms with Crippen LogP contribution in [0.2, 0.25) is 0 Å². The summed E-state index contributed by atoms with van der Waals surface area (Å²) in [6.45, 7) is 8.13. The summed E-state index contributed by atoms with van der Waals surface area (Å²) >= 11 is 0. The minimum Gasteiger partial charge on any atom is -0.455 e. The third-order valence-electron chi connectivity index (χ3n) is 2.52. The van der Waals surface area contributed by atoms with Gasteiger partial charge in [-0.2, -0.15) is 0 Å². The van der Waals surface area contributed by atoms with Gasteiger partial charge in [0.1, 0.15) is 10.7 Å². The first kappa shape index (κ1) is 16.0. The van der Waals surface area contributed by atoms with E-state index in [2.05, 4.69) is 26.1 Å². The van der Waals surface area contributed by atoms with Gasteiger partial charge in [0.05, 0.1) is 0 Å². The molecule has 0 radical (unpaired) electrons. The maximum absolute atomic E-state index is 11.8. The molecule has 1 amide bonds. The van der Waals surface area contributed by atoms with Crippen molar-refractivity contribution in [1.82, 2.24) is 5.32 Å². The smallest absolute Gasteiger partial charge is 0.287 e. The lowest BCUT2D eigenvalue weighted by Gasteiger charge is -2.17. The van der Waals surface area contributed by atoms with Crippen LogP contribution in [0.25, 0.3) is 0 Å². The molecule has 0 aliphatic heterocycles. The van der Waals surface area contributed by atoms with E-state index in [9.17, 15) is 13.2 Å². The van der Waals surface area contributed by atoms with Gasteiger partial charge in [-0.3, -0.25) is 4.79 Å². The Bertz CT molecular complexity index is 569. The molecule has 5 nitrogen and oxygen atoms in total. The third-order valence-corrected chi connectivity index (χ3v) is 3.95. The summed E-state index contributed by atoms with van der Waals surface area (Å²) < 4.78 is 27.5. The Morgan fingerprint density at radius 1 is 1.42 bits per heavy atom. The Balaban J connectivity index is 2.74. The van der Waals surface area contributed by atoms with E-state index >= 15 is 0 Å². The Kier molecular flexibility index (Phi) is 4.68. The summed E-state index contributed by atoms with van der Waals surface area (Å²) in [7, 11) is 1.34. The fourth-order valence-corrected chi connectivity index (χ4v) is 2.55. The van der Waals surface area contributed by atoms with Crippen LogP contribution >= 0.6 is 10.7 Å². The number of hydrogen-bond donors (Lipinski definition) is 1. The second kappa shape index (κ2) is 5.54. The normalized spacial score (nSPS) is 12.5. The second-order valence-electron chi connectivity index (χ2n) is 5.54. The Morgan fingerprint density at radius 2 is 2.00 bits per heavy atom. The van der Waals surface area contributed by atoms with Crippen LogP contribution in [-0.2, 0) is 9.05 Å². The lowest BCUT2D eigenvalue weighted by molar-refractivity contribution is 0.0920. The molecular weight excluding hydrogens is 290 g/mol. The largest absolute Gasteiger partial charge is 0.455 e. The maximum atomic E-state index is 11.8. The maximum Gasteiger partial charge on any atom is 0.287 e. The predicted octanol–water partition coefficient (Wildman–Crippen LogP) is 2.68. The number of amides is 1. The van der Waals surface area contributed by atoms with E-state index < -0.39 is 15.0 Å². The van der Waals surface area contributed by atoms with Gasteiger partial charge in [-0.1, -0.05) is 20.8 Å². The average Bonchev–Trinajstić information content (AvgIpc) is 2.57. The van der Waals surface area contributed by atoms with E-state index in [1.54, 1.807) is 0 Å². The molecule has 0 saturated carbocycles. The van der Waals surface area contributed by atoms with Crippen LogP contribution < -0.4 is 5.32 Å². The molecule has 0 aromatic carbocycles. The third kappa shape index (κ3) is 4.87. The lowest BCUT2D eigenvalue weighted by atomic mass is 9.92. The van der Waals surface area contributed by atoms with Crippen molar-refractivity contribution in [2.75, 3.05) is 6.54 Å². The van der Waals surface area contributed by atoms with Crippen LogP contribution in [0.4, 0.5) is 0 Å². The van der Waals surface area contributed by atoms with Crippen molar-refractivity contribution < 1.29 is 17.6 Å². The van der Waals surface area contributed by atoms with E-state index in [1.165, 1.54) is 6.92 Å². The molecule has 0 spiro atoms. The Hall–Kier alpha value is -1.01. The average molecular weight is 308 g/mol. The number of furan rings is 1. The summed E-state index contributed by atoms with van der Waals surface area (Å²) in [5, 5.41) is 2.68. The number of carbonyl (C=O) groups is 1. The first-order valence-electron chi connectivity index (χ1n) is 5.84. The SMILES string of the molecule is Cc1oc(C(=O)NCCC(C)(C)C)cc1S(=O)(=O)Cl. The number of hydrogen-bond acceptors (Lipinski definition) is 4. The molecular formula is C12H18ClNO4S. The summed E-state index contributed by atoms with van der Waals surface area (Å²) in [5.41, 5.74) is 0.108. The van der Waals surface area contributed by atoms with Gasteiger partial charge in [0.15, 0.2) is 5.76 Å². The van der Waals surface area contributed by atoms with Gasteiger partial charge in [-0.15, -0.1) is 0 Å². The molecule has 7 heteroatoms. The van der Waals surface area contributed by atoms with Crippen molar-refractivity contribution >= 4 is 25.6 Å². The molecule has 1 aromatic rings. The minimum atomic E-state index is -3.89. The molecule has 1 aromatic heterocycles. The Labute approximate surface area is 117 Å². The molecule has 1 heterocycles. The van der Waals surface area contributed by atoms with E-state index in [0.717, 1.165) is 12.5 Å². The van der Waals surface area contributed by atoms with E-state index in [-0.39, 0.29) is 21.8 Å². The number of aryl methyl sites for hydroxylation is 1. The molecule has 0 unspecified atom stereocenters. The van der Waals surface area contributed by atoms with Gasteiger partial charge in [0.2, 0.25) is 0 Å². The van der Waals surface area contributed by atoms with Gasteiger partial charge in [-0.25, -0.2) is 8.42 Å². The zero-order chi connectivity index (χ0) is 14.8. The van der Waals surface area contributed by atoms with Gasteiger partial charge >= 0.3 is 0 Å². The van der Waals surface area contributed by atoms with Crippen molar-refractivity contribution in [3.63, 3.8) is 0 Å². The van der Waals surface area contributed by atoms with Crippen LogP contribution in [0.3, 0.4) is 0 Å². The molecule has 0 aliphatic carbocycles. The predicted molar refractivity (Wildman–Crippen MR) is 72.9 cm³/mol. The van der Waals surface area contributed by atoms with E-state index in [1.807, 2.05) is 0 Å². The molecule has 0 bridgehead atoms.